The molecule has 16 aromatic carbocycles. The first-order chi connectivity index (χ1) is 48.6. The van der Waals surface area contributed by atoms with Crippen LogP contribution < -0.4 is 9.80 Å². The number of hydrogen-bond donors (Lipinski definition) is 0. The largest absolute Gasteiger partial charge is 0.310 e. The molecule has 0 unspecified atom stereocenters. The fourth-order valence-corrected chi connectivity index (χ4v) is 13.6. The van der Waals surface area contributed by atoms with E-state index in [1.54, 1.807) is 0 Å². The lowest BCUT2D eigenvalue weighted by Crippen LogP contribution is -2.10. The summed E-state index contributed by atoms with van der Waals surface area (Å²) >= 11 is 0. The Morgan fingerprint density at radius 1 is 0.102 bits per heavy atom. The van der Waals surface area contributed by atoms with E-state index in [1.807, 2.05) is 0 Å². The van der Waals surface area contributed by atoms with Crippen LogP contribution in [-0.2, 0) is 0 Å². The monoisotopic (exact) mass is 1250 g/mol. The molecule has 2 heteroatoms. The van der Waals surface area contributed by atoms with Crippen molar-refractivity contribution in [2.45, 2.75) is 0 Å². The Kier molecular flexibility index (Phi) is 16.9. The highest BCUT2D eigenvalue weighted by molar-refractivity contribution is 5.93. The number of hydrogen-bond acceptors (Lipinski definition) is 2. The van der Waals surface area contributed by atoms with Crippen molar-refractivity contribution in [3.8, 4) is 122 Å². The van der Waals surface area contributed by atoms with E-state index in [1.165, 1.54) is 83.5 Å². The standard InChI is InChI=1S/C96H68N2/c1-7-21-69(22-8-1)74-45-53-87(54-46-74)97(88-55-47-75(48-56-88)70-23-9-2-10-24-70)91-61-63-93(95(67-91)80-29-15-5-16-30-80)82-43-41-79(42-44-82)84-34-19-33-83(65-84)78-39-37-73(38-40-78)77-51-59-90(60-52-77)98(89-57-49-76(50-58-89)71-25-11-3-12-26-71)92-62-64-94(96(68-92)81-31-17-6-18-32-81)86-36-20-35-85(66-86)72-27-13-4-14-28-72/h1-68H. The normalized spacial score (nSPS) is 11.1. The Balaban J connectivity index is 0.678. The molecule has 0 aliphatic rings. The highest BCUT2D eigenvalue weighted by Gasteiger charge is 2.21. The number of benzene rings is 16. The molecule has 0 heterocycles. The summed E-state index contributed by atoms with van der Waals surface area (Å²) in [4.78, 5) is 4.75. The molecule has 98 heavy (non-hydrogen) atoms. The van der Waals surface area contributed by atoms with Gasteiger partial charge in [0.05, 0.1) is 0 Å². The zero-order valence-electron chi connectivity index (χ0n) is 54.2. The fourth-order valence-electron chi connectivity index (χ4n) is 13.6. The molecule has 0 N–H and O–H groups in total. The molecular weight excluding hydrogens is 1180 g/mol. The van der Waals surface area contributed by atoms with Crippen LogP contribution in [0.3, 0.4) is 0 Å². The maximum atomic E-state index is 2.38. The second-order valence-corrected chi connectivity index (χ2v) is 24.8. The molecule has 0 amide bonds. The third-order valence-corrected chi connectivity index (χ3v) is 18.7. The lowest BCUT2D eigenvalue weighted by molar-refractivity contribution is 1.28. The Labute approximate surface area is 575 Å². The predicted octanol–water partition coefficient (Wildman–Crippen LogP) is 27.0. The maximum absolute atomic E-state index is 2.38. The van der Waals surface area contributed by atoms with Gasteiger partial charge in [-0.3, -0.25) is 0 Å². The third kappa shape index (κ3) is 12.8. The Hall–Kier alpha value is -12.9. The van der Waals surface area contributed by atoms with Gasteiger partial charge in [-0.1, -0.05) is 328 Å². The highest BCUT2D eigenvalue weighted by Crippen LogP contribution is 2.45. The van der Waals surface area contributed by atoms with E-state index in [-0.39, 0.29) is 0 Å². The summed E-state index contributed by atoms with van der Waals surface area (Å²) in [5.41, 5.74) is 32.3. The van der Waals surface area contributed by atoms with Crippen LogP contribution in [0.5, 0.6) is 0 Å². The van der Waals surface area contributed by atoms with Crippen LogP contribution in [0.2, 0.25) is 0 Å². The molecule has 16 rings (SSSR count). The minimum absolute atomic E-state index is 1.07. The molecule has 0 fully saturated rings. The summed E-state index contributed by atoms with van der Waals surface area (Å²) < 4.78 is 0. The minimum atomic E-state index is 1.07. The van der Waals surface area contributed by atoms with Crippen LogP contribution in [0, 0.1) is 0 Å². The summed E-state index contributed by atoms with van der Waals surface area (Å²) in [6.07, 6.45) is 0. The van der Waals surface area contributed by atoms with Crippen molar-refractivity contribution in [3.05, 3.63) is 413 Å². The van der Waals surface area contributed by atoms with Crippen LogP contribution in [-0.4, -0.2) is 0 Å². The summed E-state index contributed by atoms with van der Waals surface area (Å²) in [5.74, 6) is 0. The van der Waals surface area contributed by atoms with Gasteiger partial charge in [-0.25, -0.2) is 0 Å². The number of rotatable bonds is 17. The molecule has 0 bridgehead atoms. The average molecular weight is 1250 g/mol. The van der Waals surface area contributed by atoms with Crippen molar-refractivity contribution < 1.29 is 0 Å². The zero-order valence-corrected chi connectivity index (χ0v) is 54.2. The highest BCUT2D eigenvalue weighted by atomic mass is 15.1. The van der Waals surface area contributed by atoms with Gasteiger partial charge in [0.15, 0.2) is 0 Å². The van der Waals surface area contributed by atoms with Gasteiger partial charge in [0.1, 0.15) is 0 Å². The number of nitrogens with zero attached hydrogens (tertiary/aromatic N) is 2. The number of anilines is 6. The maximum Gasteiger partial charge on any atom is 0.0468 e. The summed E-state index contributed by atoms with van der Waals surface area (Å²) in [6.45, 7) is 0. The van der Waals surface area contributed by atoms with Crippen molar-refractivity contribution in [2.24, 2.45) is 0 Å². The molecule has 0 aliphatic carbocycles. The summed E-state index contributed by atoms with van der Waals surface area (Å²) in [6, 6.07) is 150. The zero-order chi connectivity index (χ0) is 65.4. The first-order valence-corrected chi connectivity index (χ1v) is 33.6. The predicted molar refractivity (Wildman–Crippen MR) is 416 cm³/mol. The van der Waals surface area contributed by atoms with E-state index in [0.29, 0.717) is 0 Å². The van der Waals surface area contributed by atoms with E-state index in [2.05, 4.69) is 422 Å². The van der Waals surface area contributed by atoms with E-state index in [9.17, 15) is 0 Å². The van der Waals surface area contributed by atoms with Gasteiger partial charge in [-0.05, 0) is 207 Å². The van der Waals surface area contributed by atoms with E-state index in [0.717, 1.165) is 73.1 Å². The quantitative estimate of drug-likeness (QED) is 0.0896. The molecular formula is C96H68N2. The van der Waals surface area contributed by atoms with Crippen LogP contribution in [0.1, 0.15) is 0 Å². The fraction of sp³-hybridized carbons (Fsp3) is 0. The van der Waals surface area contributed by atoms with Crippen molar-refractivity contribution in [3.63, 3.8) is 0 Å². The second kappa shape index (κ2) is 27.6. The van der Waals surface area contributed by atoms with E-state index >= 15 is 0 Å². The lowest BCUT2D eigenvalue weighted by Gasteiger charge is -2.27. The van der Waals surface area contributed by atoms with Gasteiger partial charge < -0.3 is 9.80 Å². The van der Waals surface area contributed by atoms with Gasteiger partial charge in [-0.2, -0.15) is 0 Å². The van der Waals surface area contributed by atoms with Crippen LogP contribution in [0.15, 0.2) is 413 Å². The van der Waals surface area contributed by atoms with Gasteiger partial charge in [-0.15, -0.1) is 0 Å². The Bertz CT molecular complexity index is 5250. The van der Waals surface area contributed by atoms with Gasteiger partial charge in [0, 0.05) is 34.1 Å². The molecule has 0 aliphatic heterocycles. The van der Waals surface area contributed by atoms with Gasteiger partial charge in [0.2, 0.25) is 0 Å². The van der Waals surface area contributed by atoms with E-state index < -0.39 is 0 Å². The van der Waals surface area contributed by atoms with Crippen LogP contribution in [0.4, 0.5) is 34.1 Å². The Morgan fingerprint density at radius 2 is 0.286 bits per heavy atom. The molecule has 0 saturated heterocycles. The average Bonchev–Trinajstić information content (AvgIpc) is 0.792. The van der Waals surface area contributed by atoms with Crippen molar-refractivity contribution in [1.29, 1.82) is 0 Å². The SMILES string of the molecule is c1ccc(-c2ccc(N(c3ccc(-c4ccccc4)cc3)c3ccc(-c4ccc(-c5cccc(-c6ccc(-c7ccc(N(c8ccc(-c9ccccc9)cc8)c8ccc(-c9cccc(-c%10ccccc%10)c9)c(-c9ccccc9)c8)cc7)cc6)c5)cc4)c(-c4ccccc4)c3)cc2)cc1. The van der Waals surface area contributed by atoms with Crippen LogP contribution in [0.25, 0.3) is 122 Å². The first kappa shape index (κ1) is 60.1. The third-order valence-electron chi connectivity index (χ3n) is 18.7. The first-order valence-electron chi connectivity index (χ1n) is 33.6. The molecule has 16 aromatic rings. The van der Waals surface area contributed by atoms with Gasteiger partial charge >= 0.3 is 0 Å². The lowest BCUT2D eigenvalue weighted by atomic mass is 9.92. The summed E-state index contributed by atoms with van der Waals surface area (Å²) in [5, 5.41) is 0. The smallest absolute Gasteiger partial charge is 0.0468 e. The van der Waals surface area contributed by atoms with Crippen molar-refractivity contribution in [2.75, 3.05) is 9.80 Å². The molecule has 0 spiro atoms. The van der Waals surface area contributed by atoms with Crippen molar-refractivity contribution >= 4 is 34.1 Å². The van der Waals surface area contributed by atoms with Gasteiger partial charge in [0.25, 0.3) is 0 Å². The molecule has 0 aromatic heterocycles. The molecule has 0 atom stereocenters. The minimum Gasteiger partial charge on any atom is -0.310 e. The van der Waals surface area contributed by atoms with E-state index in [4.69, 9.17) is 0 Å². The Morgan fingerprint density at radius 3 is 0.592 bits per heavy atom. The van der Waals surface area contributed by atoms with Crippen molar-refractivity contribution in [1.82, 2.24) is 0 Å². The molecule has 0 saturated carbocycles. The summed E-state index contributed by atoms with van der Waals surface area (Å²) in [7, 11) is 0. The topological polar surface area (TPSA) is 6.48 Å². The second-order valence-electron chi connectivity index (χ2n) is 24.8. The molecule has 0 radical (unpaired) electrons. The van der Waals surface area contributed by atoms with Crippen LogP contribution >= 0.6 is 0 Å². The molecule has 462 valence electrons. The molecule has 2 nitrogen and oxygen atoms in total.